The van der Waals surface area contributed by atoms with Crippen LogP contribution in [0.3, 0.4) is 0 Å². The van der Waals surface area contributed by atoms with Gasteiger partial charge in [-0.2, -0.15) is 0 Å². The molecular formula is C40H53N5O10S. The summed E-state index contributed by atoms with van der Waals surface area (Å²) in [4.78, 5) is 61.7. The van der Waals surface area contributed by atoms with E-state index in [2.05, 4.69) is 27.3 Å². The number of nitrogens with one attached hydrogen (secondary N) is 3. The second kappa shape index (κ2) is 15.9. The summed E-state index contributed by atoms with van der Waals surface area (Å²) in [5.41, 5.74) is -2.04. The van der Waals surface area contributed by atoms with Crippen molar-refractivity contribution in [2.24, 2.45) is 17.8 Å². The number of pyridine rings is 1. The molecule has 2 aliphatic heterocycles. The van der Waals surface area contributed by atoms with Crippen LogP contribution in [0.5, 0.6) is 17.4 Å². The Balaban J connectivity index is 1.36. The summed E-state index contributed by atoms with van der Waals surface area (Å²) in [6, 6.07) is 4.20. The summed E-state index contributed by atoms with van der Waals surface area (Å²) in [6.07, 6.45) is 8.51. The Morgan fingerprint density at radius 3 is 2.45 bits per heavy atom. The van der Waals surface area contributed by atoms with Crippen LogP contribution >= 0.6 is 0 Å². The van der Waals surface area contributed by atoms with Gasteiger partial charge in [-0.15, -0.1) is 0 Å². The van der Waals surface area contributed by atoms with E-state index in [1.165, 1.54) is 25.3 Å². The summed E-state index contributed by atoms with van der Waals surface area (Å²) in [5, 5.41) is 6.26. The van der Waals surface area contributed by atoms with Gasteiger partial charge in [-0.25, -0.2) is 18.2 Å². The van der Waals surface area contributed by atoms with Crippen molar-refractivity contribution >= 4 is 44.6 Å². The van der Waals surface area contributed by atoms with Crippen molar-refractivity contribution in [3.05, 3.63) is 48.3 Å². The number of aromatic nitrogens is 1. The molecule has 0 spiro atoms. The lowest BCUT2D eigenvalue weighted by Crippen LogP contribution is -2.56. The van der Waals surface area contributed by atoms with E-state index in [-0.39, 0.29) is 42.7 Å². The molecule has 6 unspecified atom stereocenters. The number of hydrogen-bond acceptors (Lipinski definition) is 11. The van der Waals surface area contributed by atoms with Gasteiger partial charge in [-0.1, -0.05) is 26.0 Å². The van der Waals surface area contributed by atoms with Crippen LogP contribution < -0.4 is 29.6 Å². The first kappa shape index (κ1) is 40.8. The first-order valence-electron chi connectivity index (χ1n) is 19.2. The molecule has 6 atom stereocenters. The minimum absolute atomic E-state index is 0.0269. The van der Waals surface area contributed by atoms with Crippen LogP contribution in [-0.4, -0.2) is 91.4 Å². The Bertz CT molecular complexity index is 2040. The number of nitrogens with zero attached hydrogens (tertiary/aromatic N) is 2. The first-order valence-corrected chi connectivity index (χ1v) is 20.7. The van der Waals surface area contributed by atoms with E-state index in [0.29, 0.717) is 42.6 Å². The molecule has 3 N–H and O–H groups in total. The van der Waals surface area contributed by atoms with Crippen molar-refractivity contribution in [3.63, 3.8) is 0 Å². The highest BCUT2D eigenvalue weighted by atomic mass is 32.2. The van der Waals surface area contributed by atoms with Crippen molar-refractivity contribution in [2.75, 3.05) is 20.8 Å². The predicted molar refractivity (Wildman–Crippen MR) is 207 cm³/mol. The number of rotatable bonds is 8. The molecule has 0 bridgehead atoms. The van der Waals surface area contributed by atoms with E-state index in [4.69, 9.17) is 18.9 Å². The highest BCUT2D eigenvalue weighted by Gasteiger charge is 2.62. The molecule has 15 nitrogen and oxygen atoms in total. The van der Waals surface area contributed by atoms with Crippen LogP contribution in [0.25, 0.3) is 10.8 Å². The van der Waals surface area contributed by atoms with E-state index in [9.17, 15) is 27.6 Å². The van der Waals surface area contributed by atoms with Crippen molar-refractivity contribution < 1.29 is 46.5 Å². The van der Waals surface area contributed by atoms with Gasteiger partial charge in [0.05, 0.1) is 26.0 Å². The van der Waals surface area contributed by atoms with Gasteiger partial charge < -0.3 is 29.2 Å². The maximum absolute atomic E-state index is 14.8. The summed E-state index contributed by atoms with van der Waals surface area (Å²) < 4.78 is 50.9. The molecular weight excluding hydrogens is 743 g/mol. The molecule has 304 valence electrons. The topological polar surface area (TPSA) is 192 Å². The van der Waals surface area contributed by atoms with Gasteiger partial charge in [0.2, 0.25) is 21.8 Å². The van der Waals surface area contributed by atoms with Crippen molar-refractivity contribution in [1.82, 2.24) is 25.2 Å². The third-order valence-corrected chi connectivity index (χ3v) is 12.6. The van der Waals surface area contributed by atoms with Crippen molar-refractivity contribution in [1.29, 1.82) is 0 Å². The number of sulfonamides is 1. The molecule has 1 aromatic heterocycles. The molecule has 2 saturated carbocycles. The minimum Gasteiger partial charge on any atom is -0.493 e. The van der Waals surface area contributed by atoms with E-state index < -0.39 is 68.3 Å². The van der Waals surface area contributed by atoms with E-state index >= 15 is 0 Å². The third kappa shape index (κ3) is 9.06. The third-order valence-electron chi connectivity index (χ3n) is 10.8. The number of ether oxygens (including phenoxy) is 4. The zero-order valence-corrected chi connectivity index (χ0v) is 33.9. The van der Waals surface area contributed by atoms with Crippen LogP contribution in [0.15, 0.2) is 48.3 Å². The van der Waals surface area contributed by atoms with Crippen molar-refractivity contribution in [2.45, 2.75) is 108 Å². The lowest BCUT2D eigenvalue weighted by atomic mass is 9.88. The largest absolute Gasteiger partial charge is 0.493 e. The van der Waals surface area contributed by atoms with Gasteiger partial charge in [0.25, 0.3) is 11.8 Å². The molecule has 2 aromatic rings. The molecule has 3 fully saturated rings. The normalized spacial score (nSPS) is 27.9. The number of benzene rings is 1. The molecule has 56 heavy (non-hydrogen) atoms. The lowest BCUT2D eigenvalue weighted by Gasteiger charge is -2.29. The second-order valence-corrected chi connectivity index (χ2v) is 18.4. The number of carbonyl (C=O) groups excluding carboxylic acids is 4. The molecule has 2 aliphatic carbocycles. The number of amides is 4. The number of allylic oxidation sites excluding steroid dienone is 1. The highest BCUT2D eigenvalue weighted by molar-refractivity contribution is 7.91. The zero-order valence-electron chi connectivity index (χ0n) is 33.0. The Kier molecular flexibility index (Phi) is 11.6. The standard InChI is InChI=1S/C40H53N5O10S/c1-23-10-8-9-11-26-20-40(26,37(48)44-56(50,51)28-12-13-28)43-34(46)31-18-27(54-35-29-19-33(53-7)32(52-6)17-25(29)14-15-41-35)22-45(31)36(47)30(24(2)16-23)21-42-38(49)55-39(3,4)5/h9,11,14-15,17,19,21,23-24,26-28,31H,8,10,12-13,16,18,20,22H2,1-7H3,(H,42,49)(H,43,46)(H,44,48)/b11-9?,30-21+. The fraction of sp³-hybridized carbons (Fsp3) is 0.575. The number of fused-ring (bicyclic) bond motifs is 3. The molecule has 4 aliphatic rings. The molecule has 4 amide bonds. The van der Waals surface area contributed by atoms with Gasteiger partial charge in [-0.3, -0.25) is 24.4 Å². The van der Waals surface area contributed by atoms with Gasteiger partial charge in [-0.05, 0) is 94.7 Å². The fourth-order valence-electron chi connectivity index (χ4n) is 7.56. The number of methoxy groups -OCH3 is 2. The van der Waals surface area contributed by atoms with Crippen LogP contribution in [0, 0.1) is 17.8 Å². The molecule has 6 rings (SSSR count). The smallest absolute Gasteiger partial charge is 0.411 e. The molecule has 1 saturated heterocycles. The maximum Gasteiger partial charge on any atom is 0.411 e. The van der Waals surface area contributed by atoms with Gasteiger partial charge in [0.15, 0.2) is 11.5 Å². The van der Waals surface area contributed by atoms with Crippen molar-refractivity contribution in [3.8, 4) is 17.4 Å². The van der Waals surface area contributed by atoms with Crippen LogP contribution in [0.2, 0.25) is 0 Å². The number of alkyl carbamates (subject to hydrolysis) is 1. The summed E-state index contributed by atoms with van der Waals surface area (Å²) in [5.74, 6) is -1.33. The van der Waals surface area contributed by atoms with E-state index in [0.717, 1.165) is 11.8 Å². The monoisotopic (exact) mass is 795 g/mol. The molecule has 1 aromatic carbocycles. The van der Waals surface area contributed by atoms with Crippen LogP contribution in [0.1, 0.15) is 79.6 Å². The summed E-state index contributed by atoms with van der Waals surface area (Å²) in [7, 11) is -0.850. The minimum atomic E-state index is -3.91. The molecule has 3 heterocycles. The Morgan fingerprint density at radius 2 is 1.77 bits per heavy atom. The lowest BCUT2D eigenvalue weighted by molar-refractivity contribution is -0.138. The first-order chi connectivity index (χ1) is 26.4. The van der Waals surface area contributed by atoms with Gasteiger partial charge >= 0.3 is 6.09 Å². The zero-order chi connectivity index (χ0) is 40.6. The molecule has 0 radical (unpaired) electrons. The Labute approximate surface area is 328 Å². The highest BCUT2D eigenvalue weighted by Crippen LogP contribution is 2.46. The summed E-state index contributed by atoms with van der Waals surface area (Å²) in [6.45, 7) is 9.15. The van der Waals surface area contributed by atoms with Gasteiger partial charge in [0.1, 0.15) is 23.3 Å². The fourth-order valence-corrected chi connectivity index (χ4v) is 8.93. The van der Waals surface area contributed by atoms with E-state index in [1.54, 1.807) is 45.2 Å². The number of carbonyl (C=O) groups is 4. The van der Waals surface area contributed by atoms with Gasteiger partial charge in [0, 0.05) is 35.7 Å². The second-order valence-electron chi connectivity index (χ2n) is 16.4. The van der Waals surface area contributed by atoms with E-state index in [1.807, 2.05) is 19.1 Å². The average molecular weight is 796 g/mol. The Hall–Kier alpha value is -4.86. The van der Waals surface area contributed by atoms with Crippen LogP contribution in [0.4, 0.5) is 4.79 Å². The predicted octanol–water partition coefficient (Wildman–Crippen LogP) is 4.50. The number of hydrogen-bond donors (Lipinski definition) is 3. The summed E-state index contributed by atoms with van der Waals surface area (Å²) >= 11 is 0. The Morgan fingerprint density at radius 1 is 1.05 bits per heavy atom. The maximum atomic E-state index is 14.8. The average Bonchev–Trinajstić information content (AvgIpc) is 4.05. The SMILES string of the molecule is COc1cc2ccnc(OC3CC4C(=O)NC5(C(=O)NS(=O)(=O)C6CC6)CC5C=CCCC(C)CC(C)/C(=C\NC(=O)OC(C)(C)C)C(=O)N4C3)c2cc1OC. The quantitative estimate of drug-likeness (QED) is 0.252. The van der Waals surface area contributed by atoms with Crippen LogP contribution in [-0.2, 0) is 29.1 Å². The molecule has 16 heteroatoms.